The highest BCUT2D eigenvalue weighted by molar-refractivity contribution is 4.96. The van der Waals surface area contributed by atoms with Gasteiger partial charge in [0.25, 0.3) is 0 Å². The van der Waals surface area contributed by atoms with Gasteiger partial charge in [0.2, 0.25) is 0 Å². The van der Waals surface area contributed by atoms with Crippen molar-refractivity contribution in [1.29, 1.82) is 0 Å². The minimum atomic E-state index is 0.356. The molecule has 0 aromatic carbocycles. The Kier molecular flexibility index (Phi) is 1.46. The zero-order valence-corrected chi connectivity index (χ0v) is 6.40. The Morgan fingerprint density at radius 1 is 1.10 bits per heavy atom. The van der Waals surface area contributed by atoms with Crippen LogP contribution in [0.5, 0.6) is 0 Å². The van der Waals surface area contributed by atoms with Crippen LogP contribution in [0.15, 0.2) is 0 Å². The number of nitrogens with two attached hydrogens (primary N) is 1. The lowest BCUT2D eigenvalue weighted by molar-refractivity contribution is 0.106. The number of fused-ring (bicyclic) bond motifs is 3. The van der Waals surface area contributed by atoms with Crippen molar-refractivity contribution in [2.75, 3.05) is 0 Å². The van der Waals surface area contributed by atoms with Gasteiger partial charge in [-0.3, -0.25) is 11.3 Å². The van der Waals surface area contributed by atoms with E-state index in [9.17, 15) is 0 Å². The van der Waals surface area contributed by atoms with Crippen LogP contribution in [0.2, 0.25) is 0 Å². The Morgan fingerprint density at radius 2 is 1.60 bits per heavy atom. The maximum absolute atomic E-state index is 5.52. The van der Waals surface area contributed by atoms with E-state index in [-0.39, 0.29) is 0 Å². The van der Waals surface area contributed by atoms with Crippen LogP contribution in [0.1, 0.15) is 38.5 Å². The molecule has 2 nitrogen and oxygen atoms in total. The first-order chi connectivity index (χ1) is 4.85. The summed E-state index contributed by atoms with van der Waals surface area (Å²) in [5.41, 5.74) is 3.36. The minimum absolute atomic E-state index is 0.356. The monoisotopic (exact) mass is 140 g/mol. The highest BCUT2D eigenvalue weighted by atomic mass is 15.3. The second-order valence-corrected chi connectivity index (χ2v) is 3.91. The van der Waals surface area contributed by atoms with Gasteiger partial charge in [0.15, 0.2) is 0 Å². The molecule has 3 aliphatic rings. The van der Waals surface area contributed by atoms with Crippen LogP contribution in [0.25, 0.3) is 0 Å². The Balaban J connectivity index is 2.08. The minimum Gasteiger partial charge on any atom is -0.271 e. The summed E-state index contributed by atoms with van der Waals surface area (Å²) in [5, 5.41) is 0. The highest BCUT2D eigenvalue weighted by Crippen LogP contribution is 2.43. The summed E-state index contributed by atoms with van der Waals surface area (Å²) in [5.74, 6) is 6.56. The molecular formula is C8H16N2. The fourth-order valence-electron chi connectivity index (χ4n) is 2.47. The number of hydrogen-bond donors (Lipinski definition) is 2. The summed E-state index contributed by atoms with van der Waals surface area (Å²) in [7, 11) is 0. The topological polar surface area (TPSA) is 38.0 Å². The van der Waals surface area contributed by atoms with Crippen LogP contribution in [0, 0.1) is 5.92 Å². The van der Waals surface area contributed by atoms with E-state index in [1.807, 2.05) is 0 Å². The number of hydrogen-bond acceptors (Lipinski definition) is 2. The molecule has 0 radical (unpaired) electrons. The third kappa shape index (κ3) is 0.867. The Bertz CT molecular complexity index is 111. The number of rotatable bonds is 1. The number of nitrogens with one attached hydrogen (secondary N) is 1. The van der Waals surface area contributed by atoms with Crippen molar-refractivity contribution < 1.29 is 0 Å². The molecule has 3 rings (SSSR count). The van der Waals surface area contributed by atoms with E-state index in [1.165, 1.54) is 38.5 Å². The molecule has 0 atom stereocenters. The predicted octanol–water partition coefficient (Wildman–Crippen LogP) is 1.17. The lowest BCUT2D eigenvalue weighted by Crippen LogP contribution is -2.54. The van der Waals surface area contributed by atoms with Gasteiger partial charge < -0.3 is 0 Å². The average Bonchev–Trinajstić information content (AvgIpc) is 2.08. The molecule has 0 spiro atoms. The van der Waals surface area contributed by atoms with Gasteiger partial charge >= 0.3 is 0 Å². The molecule has 3 fully saturated rings. The van der Waals surface area contributed by atoms with E-state index >= 15 is 0 Å². The van der Waals surface area contributed by atoms with E-state index in [0.29, 0.717) is 5.54 Å². The summed E-state index contributed by atoms with van der Waals surface area (Å²) in [6, 6.07) is 0. The SMILES string of the molecule is NNC12CCC(CC1)CC2. The smallest absolute Gasteiger partial charge is 0.0321 e. The quantitative estimate of drug-likeness (QED) is 0.424. The molecule has 0 aliphatic heterocycles. The molecule has 2 heteroatoms. The summed E-state index contributed by atoms with van der Waals surface area (Å²) >= 11 is 0. The van der Waals surface area contributed by atoms with Crippen LogP contribution < -0.4 is 11.3 Å². The third-order valence-corrected chi connectivity index (χ3v) is 3.40. The summed E-state index contributed by atoms with van der Waals surface area (Å²) in [4.78, 5) is 0. The lowest BCUT2D eigenvalue weighted by Gasteiger charge is -2.46. The molecule has 0 amide bonds. The Morgan fingerprint density at radius 3 is 1.90 bits per heavy atom. The average molecular weight is 140 g/mol. The first kappa shape index (κ1) is 6.62. The third-order valence-electron chi connectivity index (χ3n) is 3.40. The van der Waals surface area contributed by atoms with Gasteiger partial charge in [0, 0.05) is 5.54 Å². The first-order valence-electron chi connectivity index (χ1n) is 4.32. The van der Waals surface area contributed by atoms with Crippen LogP contribution >= 0.6 is 0 Å². The van der Waals surface area contributed by atoms with E-state index in [1.54, 1.807) is 0 Å². The van der Waals surface area contributed by atoms with Gasteiger partial charge in [-0.1, -0.05) is 0 Å². The second-order valence-electron chi connectivity index (χ2n) is 3.91. The van der Waals surface area contributed by atoms with Crippen LogP contribution in [-0.4, -0.2) is 5.54 Å². The van der Waals surface area contributed by atoms with Crippen molar-refractivity contribution in [1.82, 2.24) is 5.43 Å². The summed E-state index contributed by atoms with van der Waals surface area (Å²) < 4.78 is 0. The molecule has 0 aromatic rings. The van der Waals surface area contributed by atoms with Crippen LogP contribution in [0.4, 0.5) is 0 Å². The van der Waals surface area contributed by atoms with E-state index < -0.39 is 0 Å². The second kappa shape index (κ2) is 2.21. The standard InChI is InChI=1S/C8H16N2/c9-10-8-4-1-7(2-5-8)3-6-8/h7,10H,1-6,9H2. The molecule has 58 valence electrons. The van der Waals surface area contributed by atoms with Gasteiger partial charge in [-0.25, -0.2) is 0 Å². The maximum atomic E-state index is 5.52. The fraction of sp³-hybridized carbons (Fsp3) is 1.00. The fourth-order valence-corrected chi connectivity index (χ4v) is 2.47. The molecule has 2 bridgehead atoms. The summed E-state index contributed by atoms with van der Waals surface area (Å²) in [6.07, 6.45) is 8.16. The first-order valence-corrected chi connectivity index (χ1v) is 4.32. The van der Waals surface area contributed by atoms with Crippen molar-refractivity contribution in [2.24, 2.45) is 11.8 Å². The van der Waals surface area contributed by atoms with E-state index in [4.69, 9.17) is 5.84 Å². The van der Waals surface area contributed by atoms with Gasteiger partial charge in [-0.2, -0.15) is 0 Å². The Labute approximate surface area is 62.1 Å². The molecule has 3 saturated carbocycles. The van der Waals surface area contributed by atoms with Crippen molar-refractivity contribution in [3.05, 3.63) is 0 Å². The predicted molar refractivity (Wildman–Crippen MR) is 41.2 cm³/mol. The highest BCUT2D eigenvalue weighted by Gasteiger charge is 2.39. The molecule has 0 heterocycles. The molecular weight excluding hydrogens is 124 g/mol. The number of hydrazine groups is 1. The lowest BCUT2D eigenvalue weighted by atomic mass is 9.66. The zero-order chi connectivity index (χ0) is 7.03. The van der Waals surface area contributed by atoms with Crippen LogP contribution in [0.3, 0.4) is 0 Å². The van der Waals surface area contributed by atoms with Gasteiger partial charge in [0.05, 0.1) is 0 Å². The van der Waals surface area contributed by atoms with E-state index in [0.717, 1.165) is 5.92 Å². The van der Waals surface area contributed by atoms with Crippen molar-refractivity contribution in [3.63, 3.8) is 0 Å². The van der Waals surface area contributed by atoms with Gasteiger partial charge in [-0.05, 0) is 44.4 Å². The molecule has 3 N–H and O–H groups in total. The Hall–Kier alpha value is -0.0800. The summed E-state index contributed by atoms with van der Waals surface area (Å²) in [6.45, 7) is 0. The molecule has 10 heavy (non-hydrogen) atoms. The van der Waals surface area contributed by atoms with E-state index in [2.05, 4.69) is 5.43 Å². The van der Waals surface area contributed by atoms with Crippen LogP contribution in [-0.2, 0) is 0 Å². The van der Waals surface area contributed by atoms with Gasteiger partial charge in [0.1, 0.15) is 0 Å². The van der Waals surface area contributed by atoms with Crippen molar-refractivity contribution in [2.45, 2.75) is 44.1 Å². The zero-order valence-electron chi connectivity index (χ0n) is 6.40. The van der Waals surface area contributed by atoms with Crippen molar-refractivity contribution in [3.8, 4) is 0 Å². The molecule has 0 unspecified atom stereocenters. The van der Waals surface area contributed by atoms with Gasteiger partial charge in [-0.15, -0.1) is 0 Å². The molecule has 0 aromatic heterocycles. The largest absolute Gasteiger partial charge is 0.271 e. The van der Waals surface area contributed by atoms with Crippen molar-refractivity contribution >= 4 is 0 Å². The molecule has 0 saturated heterocycles. The maximum Gasteiger partial charge on any atom is 0.0321 e. The molecule has 3 aliphatic carbocycles. The normalized spacial score (nSPS) is 45.9.